The molecule has 0 N–H and O–H groups in total. The van der Waals surface area contributed by atoms with Crippen molar-refractivity contribution in [2.24, 2.45) is 0 Å². The summed E-state index contributed by atoms with van der Waals surface area (Å²) in [6, 6.07) is 48.8. The first-order valence-corrected chi connectivity index (χ1v) is 15.5. The van der Waals surface area contributed by atoms with E-state index in [-0.39, 0.29) is 0 Å². The molecule has 4 heterocycles. The third kappa shape index (κ3) is 3.12. The van der Waals surface area contributed by atoms with E-state index >= 15 is 0 Å². The van der Waals surface area contributed by atoms with Crippen molar-refractivity contribution in [3.8, 4) is 16.8 Å². The summed E-state index contributed by atoms with van der Waals surface area (Å²) in [5.74, 6) is 0. The van der Waals surface area contributed by atoms with Gasteiger partial charge in [-0.2, -0.15) is 0 Å². The molecule has 0 spiro atoms. The summed E-state index contributed by atoms with van der Waals surface area (Å²) >= 11 is 0. The van der Waals surface area contributed by atoms with Crippen LogP contribution in [0.1, 0.15) is 0 Å². The average molecular weight is 590 g/mol. The van der Waals surface area contributed by atoms with Crippen molar-refractivity contribution >= 4 is 87.6 Å². The van der Waals surface area contributed by atoms with Crippen LogP contribution in [-0.4, -0.2) is 4.57 Å². The lowest BCUT2D eigenvalue weighted by Gasteiger charge is -2.08. The van der Waals surface area contributed by atoms with E-state index in [1.54, 1.807) is 0 Å². The Morgan fingerprint density at radius 2 is 1.00 bits per heavy atom. The summed E-state index contributed by atoms with van der Waals surface area (Å²) in [7, 11) is 0. The molecule has 0 saturated heterocycles. The standard InChI is InChI=1S/C42H23NO3/c1-4-15-34-25(9-1)31-23-40-33(26-10-2-5-16-36(26)45-40)22-35(31)43(34)24-19-20-38-32(21-24)29-14-7-13-28(42(29)46-38)27-12-8-18-39-41(27)30-11-3-6-17-37(30)44-39/h1-23H. The molecule has 0 atom stereocenters. The second-order valence-corrected chi connectivity index (χ2v) is 12.1. The summed E-state index contributed by atoms with van der Waals surface area (Å²) in [5.41, 5.74) is 10.8. The highest BCUT2D eigenvalue weighted by molar-refractivity contribution is 6.19. The van der Waals surface area contributed by atoms with Gasteiger partial charge in [-0.1, -0.05) is 84.9 Å². The highest BCUT2D eigenvalue weighted by Gasteiger charge is 2.20. The Kier molecular flexibility index (Phi) is 4.55. The van der Waals surface area contributed by atoms with E-state index in [9.17, 15) is 0 Å². The number of rotatable bonds is 2. The maximum absolute atomic E-state index is 6.67. The van der Waals surface area contributed by atoms with Gasteiger partial charge < -0.3 is 17.8 Å². The van der Waals surface area contributed by atoms with Gasteiger partial charge in [0, 0.05) is 54.3 Å². The average Bonchev–Trinajstić information content (AvgIpc) is 3.85. The van der Waals surface area contributed by atoms with E-state index in [4.69, 9.17) is 13.3 Å². The van der Waals surface area contributed by atoms with Gasteiger partial charge in [-0.25, -0.2) is 0 Å². The molecule has 0 aliphatic heterocycles. The molecular weight excluding hydrogens is 566 g/mol. The minimum absolute atomic E-state index is 0.861. The van der Waals surface area contributed by atoms with Crippen LogP contribution >= 0.6 is 0 Å². The molecule has 4 heteroatoms. The molecule has 0 fully saturated rings. The van der Waals surface area contributed by atoms with Gasteiger partial charge >= 0.3 is 0 Å². The van der Waals surface area contributed by atoms with Gasteiger partial charge in [0.05, 0.1) is 11.0 Å². The first-order valence-electron chi connectivity index (χ1n) is 15.5. The molecule has 7 aromatic carbocycles. The molecule has 0 unspecified atom stereocenters. The molecule has 0 radical (unpaired) electrons. The lowest BCUT2D eigenvalue weighted by molar-refractivity contribution is 0.668. The number of nitrogens with zero attached hydrogens (tertiary/aromatic N) is 1. The number of furan rings is 3. The van der Waals surface area contributed by atoms with Gasteiger partial charge in [0.15, 0.2) is 0 Å². The van der Waals surface area contributed by atoms with Crippen LogP contribution in [0.3, 0.4) is 0 Å². The summed E-state index contributed by atoms with van der Waals surface area (Å²) in [6.45, 7) is 0. The highest BCUT2D eigenvalue weighted by atomic mass is 16.3. The van der Waals surface area contributed by atoms with Crippen LogP contribution in [0.4, 0.5) is 0 Å². The van der Waals surface area contributed by atoms with E-state index in [0.717, 1.165) is 93.7 Å². The van der Waals surface area contributed by atoms with Gasteiger partial charge in [-0.05, 0) is 60.2 Å². The van der Waals surface area contributed by atoms with E-state index in [2.05, 4.69) is 114 Å². The zero-order chi connectivity index (χ0) is 29.9. The third-order valence-corrected chi connectivity index (χ3v) is 9.60. The van der Waals surface area contributed by atoms with Gasteiger partial charge in [-0.3, -0.25) is 0 Å². The van der Waals surface area contributed by atoms with Crippen LogP contribution in [0.25, 0.3) is 104 Å². The van der Waals surface area contributed by atoms with E-state index in [1.807, 2.05) is 30.3 Å². The first-order chi connectivity index (χ1) is 22.8. The van der Waals surface area contributed by atoms with E-state index in [0.29, 0.717) is 0 Å². The van der Waals surface area contributed by atoms with Crippen LogP contribution in [0.15, 0.2) is 153 Å². The number of para-hydroxylation sites is 4. The Hall–Kier alpha value is -6.26. The van der Waals surface area contributed by atoms with Gasteiger partial charge in [0.25, 0.3) is 0 Å². The zero-order valence-electron chi connectivity index (χ0n) is 24.5. The fraction of sp³-hybridized carbons (Fsp3) is 0. The van der Waals surface area contributed by atoms with Crippen molar-refractivity contribution in [2.75, 3.05) is 0 Å². The predicted molar refractivity (Wildman–Crippen MR) is 188 cm³/mol. The lowest BCUT2D eigenvalue weighted by atomic mass is 9.97. The van der Waals surface area contributed by atoms with Crippen molar-refractivity contribution in [1.29, 1.82) is 0 Å². The van der Waals surface area contributed by atoms with Crippen molar-refractivity contribution < 1.29 is 13.3 Å². The molecule has 11 aromatic rings. The van der Waals surface area contributed by atoms with Crippen molar-refractivity contribution in [2.45, 2.75) is 0 Å². The Labute approximate surface area is 261 Å². The molecule has 4 aromatic heterocycles. The summed E-state index contributed by atoms with van der Waals surface area (Å²) < 4.78 is 21.5. The fourth-order valence-corrected chi connectivity index (χ4v) is 7.60. The summed E-state index contributed by atoms with van der Waals surface area (Å²) in [6.07, 6.45) is 0. The minimum atomic E-state index is 0.861. The van der Waals surface area contributed by atoms with Crippen LogP contribution in [0, 0.1) is 0 Å². The van der Waals surface area contributed by atoms with Gasteiger partial charge in [0.1, 0.15) is 33.5 Å². The lowest BCUT2D eigenvalue weighted by Crippen LogP contribution is -1.93. The normalized spacial score (nSPS) is 12.3. The fourth-order valence-electron chi connectivity index (χ4n) is 7.60. The predicted octanol–water partition coefficient (Wildman–Crippen LogP) is 12.1. The Morgan fingerprint density at radius 1 is 0.348 bits per heavy atom. The second-order valence-electron chi connectivity index (χ2n) is 12.1. The molecule has 0 aliphatic rings. The molecule has 214 valence electrons. The van der Waals surface area contributed by atoms with Crippen LogP contribution < -0.4 is 0 Å². The second kappa shape index (κ2) is 8.68. The molecule has 4 nitrogen and oxygen atoms in total. The topological polar surface area (TPSA) is 44.4 Å². The minimum Gasteiger partial charge on any atom is -0.456 e. The molecular formula is C42H23NO3. The maximum Gasteiger partial charge on any atom is 0.143 e. The van der Waals surface area contributed by atoms with E-state index < -0.39 is 0 Å². The van der Waals surface area contributed by atoms with Crippen LogP contribution in [0.2, 0.25) is 0 Å². The largest absolute Gasteiger partial charge is 0.456 e. The van der Waals surface area contributed by atoms with Crippen LogP contribution in [0.5, 0.6) is 0 Å². The molecule has 46 heavy (non-hydrogen) atoms. The Bertz CT molecular complexity index is 3040. The van der Waals surface area contributed by atoms with Crippen LogP contribution in [-0.2, 0) is 0 Å². The summed E-state index contributed by atoms with van der Waals surface area (Å²) in [4.78, 5) is 0. The quantitative estimate of drug-likeness (QED) is 0.201. The zero-order valence-corrected chi connectivity index (χ0v) is 24.5. The molecule has 0 amide bonds. The van der Waals surface area contributed by atoms with Crippen molar-refractivity contribution in [1.82, 2.24) is 4.57 Å². The molecule has 0 aliphatic carbocycles. The smallest absolute Gasteiger partial charge is 0.143 e. The molecule has 0 saturated carbocycles. The Morgan fingerprint density at radius 3 is 1.91 bits per heavy atom. The number of benzene rings is 7. The molecule has 0 bridgehead atoms. The maximum atomic E-state index is 6.67. The molecule has 11 rings (SSSR count). The SMILES string of the molecule is c1ccc2c(c1)oc1cc3c4ccccc4n(-c4ccc5oc6c(-c7cccc8oc9ccccc9c78)cccc6c5c4)c3cc12. The van der Waals surface area contributed by atoms with Crippen molar-refractivity contribution in [3.05, 3.63) is 140 Å². The number of hydrogen-bond donors (Lipinski definition) is 0. The summed E-state index contributed by atoms with van der Waals surface area (Å²) in [5, 5.41) is 8.99. The van der Waals surface area contributed by atoms with Gasteiger partial charge in [0.2, 0.25) is 0 Å². The number of hydrogen-bond acceptors (Lipinski definition) is 3. The van der Waals surface area contributed by atoms with E-state index in [1.165, 1.54) is 10.8 Å². The highest BCUT2D eigenvalue weighted by Crippen LogP contribution is 2.43. The number of fused-ring (bicyclic) bond motifs is 12. The van der Waals surface area contributed by atoms with Crippen molar-refractivity contribution in [3.63, 3.8) is 0 Å². The monoisotopic (exact) mass is 589 g/mol. The Balaban J connectivity index is 1.18. The first kappa shape index (κ1) is 24.1. The number of aromatic nitrogens is 1. The van der Waals surface area contributed by atoms with Gasteiger partial charge in [-0.15, -0.1) is 0 Å². The third-order valence-electron chi connectivity index (χ3n) is 9.60.